The summed E-state index contributed by atoms with van der Waals surface area (Å²) in [6, 6.07) is 4.16. The molecule has 0 spiro atoms. The molecule has 2 heterocycles. The summed E-state index contributed by atoms with van der Waals surface area (Å²) in [5.41, 5.74) is 6.74. The van der Waals surface area contributed by atoms with E-state index in [0.717, 1.165) is 0 Å². The van der Waals surface area contributed by atoms with Gasteiger partial charge in [0.1, 0.15) is 5.82 Å². The van der Waals surface area contributed by atoms with Crippen LogP contribution in [0.1, 0.15) is 16.8 Å². The van der Waals surface area contributed by atoms with E-state index in [-0.39, 0.29) is 28.7 Å². The number of aryl methyl sites for hydroxylation is 1. The van der Waals surface area contributed by atoms with Crippen molar-refractivity contribution < 1.29 is 4.39 Å². The molecule has 21 heavy (non-hydrogen) atoms. The summed E-state index contributed by atoms with van der Waals surface area (Å²) in [5, 5.41) is 2.89. The molecule has 0 aliphatic heterocycles. The number of hydrogen-bond donors (Lipinski definition) is 2. The zero-order valence-electron chi connectivity index (χ0n) is 11.0. The summed E-state index contributed by atoms with van der Waals surface area (Å²) >= 11 is 5.82. The van der Waals surface area contributed by atoms with Gasteiger partial charge >= 0.3 is 0 Å². The lowest BCUT2D eigenvalue weighted by Gasteiger charge is -2.06. The van der Waals surface area contributed by atoms with Gasteiger partial charge in [-0.1, -0.05) is 11.6 Å². The van der Waals surface area contributed by atoms with Crippen molar-refractivity contribution in [1.82, 2.24) is 19.6 Å². The van der Waals surface area contributed by atoms with Gasteiger partial charge in [-0.05, 0) is 30.7 Å². The second-order valence-electron chi connectivity index (χ2n) is 4.68. The maximum Gasteiger partial charge on any atom is 0.277 e. The SMILES string of the molecule is Cc1nc2nc(N)[nH]n2c(=O)c1Cc1cc(F)cc(Cl)c1. The molecule has 1 aromatic carbocycles. The number of aromatic nitrogens is 4. The standard InChI is InChI=1S/C13H11ClFN5O/c1-6-10(4-7-2-8(14)5-9(15)3-7)11(21)20-13(17-6)18-12(16)19-20/h2-3,5H,4H2,1H3,(H3,16,17,18,19). The molecule has 3 rings (SSSR count). The van der Waals surface area contributed by atoms with E-state index in [0.29, 0.717) is 16.8 Å². The first-order valence-corrected chi connectivity index (χ1v) is 6.50. The molecule has 0 atom stereocenters. The van der Waals surface area contributed by atoms with E-state index in [2.05, 4.69) is 15.1 Å². The highest BCUT2D eigenvalue weighted by molar-refractivity contribution is 6.30. The van der Waals surface area contributed by atoms with Crippen molar-refractivity contribution in [1.29, 1.82) is 0 Å². The van der Waals surface area contributed by atoms with E-state index in [1.165, 1.54) is 16.6 Å². The lowest BCUT2D eigenvalue weighted by Crippen LogP contribution is -2.22. The van der Waals surface area contributed by atoms with Crippen molar-refractivity contribution in [3.63, 3.8) is 0 Å². The second kappa shape index (κ2) is 4.85. The summed E-state index contributed by atoms with van der Waals surface area (Å²) in [6.07, 6.45) is 0.219. The van der Waals surface area contributed by atoms with Crippen molar-refractivity contribution in [3.8, 4) is 0 Å². The highest BCUT2D eigenvalue weighted by Crippen LogP contribution is 2.17. The van der Waals surface area contributed by atoms with Crippen molar-refractivity contribution in [2.24, 2.45) is 0 Å². The average Bonchev–Trinajstić information content (AvgIpc) is 2.74. The first-order chi connectivity index (χ1) is 9.94. The Kier molecular flexibility index (Phi) is 3.13. The topological polar surface area (TPSA) is 89.1 Å². The largest absolute Gasteiger partial charge is 0.368 e. The fraction of sp³-hybridized carbons (Fsp3) is 0.154. The first-order valence-electron chi connectivity index (χ1n) is 6.13. The monoisotopic (exact) mass is 307 g/mol. The average molecular weight is 308 g/mol. The van der Waals surface area contributed by atoms with Crippen LogP contribution in [0.3, 0.4) is 0 Å². The predicted octanol–water partition coefficient (Wildman–Crippen LogP) is 1.69. The third-order valence-electron chi connectivity index (χ3n) is 3.12. The fourth-order valence-corrected chi connectivity index (χ4v) is 2.44. The number of nitrogens with one attached hydrogen (secondary N) is 1. The number of anilines is 1. The van der Waals surface area contributed by atoms with Crippen LogP contribution in [-0.2, 0) is 6.42 Å². The summed E-state index contributed by atoms with van der Waals surface area (Å²) in [7, 11) is 0. The van der Waals surface area contributed by atoms with Crippen LogP contribution in [0.5, 0.6) is 0 Å². The smallest absolute Gasteiger partial charge is 0.277 e. The molecule has 108 valence electrons. The van der Waals surface area contributed by atoms with Crippen LogP contribution in [0.25, 0.3) is 5.78 Å². The number of aromatic amines is 1. The Bertz CT molecular complexity index is 881. The van der Waals surface area contributed by atoms with Crippen LogP contribution in [0, 0.1) is 12.7 Å². The van der Waals surface area contributed by atoms with Gasteiger partial charge in [0.05, 0.1) is 5.69 Å². The fourth-order valence-electron chi connectivity index (χ4n) is 2.19. The van der Waals surface area contributed by atoms with Crippen LogP contribution in [0.2, 0.25) is 5.02 Å². The number of fused-ring (bicyclic) bond motifs is 1. The summed E-state index contributed by atoms with van der Waals surface area (Å²) in [4.78, 5) is 20.5. The van der Waals surface area contributed by atoms with Gasteiger partial charge < -0.3 is 5.73 Å². The molecule has 8 heteroatoms. The predicted molar refractivity (Wildman–Crippen MR) is 77.0 cm³/mol. The summed E-state index contributed by atoms with van der Waals surface area (Å²) in [6.45, 7) is 1.70. The van der Waals surface area contributed by atoms with Gasteiger partial charge in [0.25, 0.3) is 11.3 Å². The second-order valence-corrected chi connectivity index (χ2v) is 5.12. The van der Waals surface area contributed by atoms with Gasteiger partial charge in [-0.3, -0.25) is 9.89 Å². The summed E-state index contributed by atoms with van der Waals surface area (Å²) < 4.78 is 14.5. The number of H-pyrrole nitrogens is 1. The minimum atomic E-state index is -0.449. The lowest BCUT2D eigenvalue weighted by molar-refractivity contribution is 0.626. The van der Waals surface area contributed by atoms with Crippen molar-refractivity contribution in [2.45, 2.75) is 13.3 Å². The maximum absolute atomic E-state index is 13.4. The number of nitrogen functional groups attached to an aromatic ring is 1. The Balaban J connectivity index is 2.13. The zero-order chi connectivity index (χ0) is 15.1. The van der Waals surface area contributed by atoms with Gasteiger partial charge in [-0.25, -0.2) is 9.37 Å². The lowest BCUT2D eigenvalue weighted by atomic mass is 10.1. The summed E-state index contributed by atoms with van der Waals surface area (Å²) in [5.74, 6) is -0.143. The highest BCUT2D eigenvalue weighted by Gasteiger charge is 2.13. The van der Waals surface area contributed by atoms with Gasteiger partial charge in [0.15, 0.2) is 0 Å². The van der Waals surface area contributed by atoms with Crippen LogP contribution < -0.4 is 11.3 Å². The van der Waals surface area contributed by atoms with E-state index in [9.17, 15) is 9.18 Å². The Labute approximate surface area is 123 Å². The number of nitrogens with two attached hydrogens (primary N) is 1. The third kappa shape index (κ3) is 2.47. The van der Waals surface area contributed by atoms with Gasteiger partial charge in [-0.2, -0.15) is 9.50 Å². The van der Waals surface area contributed by atoms with E-state index >= 15 is 0 Å². The van der Waals surface area contributed by atoms with Crippen LogP contribution in [0.15, 0.2) is 23.0 Å². The molecule has 0 amide bonds. The zero-order valence-corrected chi connectivity index (χ0v) is 11.8. The minimum absolute atomic E-state index is 0.102. The van der Waals surface area contributed by atoms with E-state index in [1.54, 1.807) is 13.0 Å². The molecule has 0 saturated carbocycles. The molecule has 0 radical (unpaired) electrons. The molecule has 2 aromatic heterocycles. The number of nitrogens with zero attached hydrogens (tertiary/aromatic N) is 3. The van der Waals surface area contributed by atoms with Crippen LogP contribution in [0.4, 0.5) is 10.3 Å². The quantitative estimate of drug-likeness (QED) is 0.754. The van der Waals surface area contributed by atoms with Gasteiger partial charge in [0, 0.05) is 17.0 Å². The minimum Gasteiger partial charge on any atom is -0.368 e. The molecule has 0 saturated heterocycles. The van der Waals surface area contributed by atoms with Crippen LogP contribution >= 0.6 is 11.6 Å². The molecule has 0 aliphatic carbocycles. The molecule has 0 aliphatic rings. The number of hydrogen-bond acceptors (Lipinski definition) is 4. The van der Waals surface area contributed by atoms with E-state index in [1.807, 2.05) is 0 Å². The van der Waals surface area contributed by atoms with Crippen molar-refractivity contribution in [3.05, 3.63) is 56.2 Å². The number of rotatable bonds is 2. The number of halogens is 2. The molecule has 3 aromatic rings. The van der Waals surface area contributed by atoms with Gasteiger partial charge in [0.2, 0.25) is 5.95 Å². The third-order valence-corrected chi connectivity index (χ3v) is 3.33. The Morgan fingerprint density at radius 1 is 1.38 bits per heavy atom. The van der Waals surface area contributed by atoms with Crippen molar-refractivity contribution in [2.75, 3.05) is 5.73 Å². The normalized spacial score (nSPS) is 11.2. The molecule has 6 nitrogen and oxygen atoms in total. The van der Waals surface area contributed by atoms with Gasteiger partial charge in [-0.15, -0.1) is 0 Å². The van der Waals surface area contributed by atoms with E-state index in [4.69, 9.17) is 17.3 Å². The molecule has 0 fully saturated rings. The number of benzene rings is 1. The van der Waals surface area contributed by atoms with Crippen LogP contribution in [-0.4, -0.2) is 19.6 Å². The Morgan fingerprint density at radius 3 is 2.86 bits per heavy atom. The van der Waals surface area contributed by atoms with Crippen molar-refractivity contribution >= 4 is 23.3 Å². The molecule has 0 unspecified atom stereocenters. The highest BCUT2D eigenvalue weighted by atomic mass is 35.5. The Morgan fingerprint density at radius 2 is 2.14 bits per heavy atom. The first kappa shape index (κ1) is 13.6. The molecule has 0 bridgehead atoms. The van der Waals surface area contributed by atoms with E-state index < -0.39 is 5.82 Å². The molecular formula is C13H11ClFN5O. The maximum atomic E-state index is 13.4. The Hall–Kier alpha value is -2.41. The molecule has 3 N–H and O–H groups in total. The molecular weight excluding hydrogens is 297 g/mol.